The summed E-state index contributed by atoms with van der Waals surface area (Å²) in [5.41, 5.74) is 2.75. The summed E-state index contributed by atoms with van der Waals surface area (Å²) in [5, 5.41) is 16.7. The van der Waals surface area contributed by atoms with E-state index in [0.29, 0.717) is 30.0 Å². The molecule has 0 aliphatic carbocycles. The van der Waals surface area contributed by atoms with Crippen LogP contribution in [0.3, 0.4) is 0 Å². The number of aromatic nitrogens is 2. The molecule has 2 N–H and O–H groups in total. The molecule has 1 aliphatic heterocycles. The Morgan fingerprint density at radius 1 is 0.977 bits per heavy atom. The highest BCUT2D eigenvalue weighted by molar-refractivity contribution is 6.34. The second kappa shape index (κ2) is 12.0. The number of aromatic carboxylic acids is 1. The van der Waals surface area contributed by atoms with Crippen molar-refractivity contribution in [2.45, 2.75) is 45.1 Å². The maximum Gasteiger partial charge on any atom is 0.335 e. The number of carbonyl (C=O) groups excluding carboxylic acids is 2. The molecule has 0 bridgehead atoms. The van der Waals surface area contributed by atoms with Crippen LogP contribution in [0.25, 0.3) is 11.3 Å². The van der Waals surface area contributed by atoms with Gasteiger partial charge in [0.15, 0.2) is 0 Å². The van der Waals surface area contributed by atoms with Gasteiger partial charge in [0, 0.05) is 24.3 Å². The molecule has 1 fully saturated rings. The first-order valence-electron chi connectivity index (χ1n) is 14.0. The van der Waals surface area contributed by atoms with Crippen LogP contribution in [0.4, 0.5) is 10.1 Å². The third kappa shape index (κ3) is 6.46. The first-order valence-corrected chi connectivity index (χ1v) is 14.4. The molecule has 2 amide bonds. The number of benzene rings is 3. The summed E-state index contributed by atoms with van der Waals surface area (Å²) in [5.74, 6) is -1.86. The minimum absolute atomic E-state index is 0.217. The molecule has 10 heteroatoms. The Labute approximate surface area is 254 Å². The van der Waals surface area contributed by atoms with Crippen LogP contribution in [0.5, 0.6) is 0 Å². The summed E-state index contributed by atoms with van der Waals surface area (Å²) in [7, 11) is 0. The van der Waals surface area contributed by atoms with Gasteiger partial charge in [0.1, 0.15) is 5.82 Å². The molecular formula is C33H32ClFN4O4. The Morgan fingerprint density at radius 3 is 2.30 bits per heavy atom. The Hall–Kier alpha value is -4.50. The van der Waals surface area contributed by atoms with E-state index in [1.54, 1.807) is 52.0 Å². The van der Waals surface area contributed by atoms with Crippen LogP contribution in [0, 0.1) is 5.82 Å². The highest BCUT2D eigenvalue weighted by Gasteiger charge is 2.28. The molecule has 43 heavy (non-hydrogen) atoms. The summed E-state index contributed by atoms with van der Waals surface area (Å²) in [6.07, 6.45) is 2.92. The quantitative estimate of drug-likeness (QED) is 0.246. The summed E-state index contributed by atoms with van der Waals surface area (Å²) in [6, 6.07) is 17.7. The molecule has 1 saturated heterocycles. The fourth-order valence-corrected chi connectivity index (χ4v) is 5.58. The molecular weight excluding hydrogens is 571 g/mol. The number of anilines is 1. The van der Waals surface area contributed by atoms with Gasteiger partial charge in [-0.15, -0.1) is 0 Å². The van der Waals surface area contributed by atoms with Gasteiger partial charge in [0.05, 0.1) is 39.1 Å². The molecule has 0 spiro atoms. The topological polar surface area (TPSA) is 105 Å². The van der Waals surface area contributed by atoms with E-state index >= 15 is 0 Å². The van der Waals surface area contributed by atoms with Crippen molar-refractivity contribution in [3.05, 3.63) is 106 Å². The predicted octanol–water partition coefficient (Wildman–Crippen LogP) is 7.07. The number of rotatable bonds is 6. The van der Waals surface area contributed by atoms with Crippen molar-refractivity contribution in [1.82, 2.24) is 14.7 Å². The molecule has 4 aromatic rings. The number of hydrogen-bond acceptors (Lipinski definition) is 4. The van der Waals surface area contributed by atoms with Crippen molar-refractivity contribution < 1.29 is 23.9 Å². The number of halogens is 2. The monoisotopic (exact) mass is 602 g/mol. The number of nitrogens with one attached hydrogen (secondary N) is 1. The Balaban J connectivity index is 1.32. The van der Waals surface area contributed by atoms with Crippen LogP contribution in [0.1, 0.15) is 76.2 Å². The van der Waals surface area contributed by atoms with E-state index in [4.69, 9.17) is 16.7 Å². The number of carbonyl (C=O) groups is 3. The highest BCUT2D eigenvalue weighted by atomic mass is 35.5. The lowest BCUT2D eigenvalue weighted by molar-refractivity contribution is 0.0691. The van der Waals surface area contributed by atoms with E-state index in [9.17, 15) is 18.8 Å². The zero-order valence-electron chi connectivity index (χ0n) is 24.1. The molecule has 1 aliphatic rings. The first kappa shape index (κ1) is 30.0. The third-order valence-electron chi connectivity index (χ3n) is 7.61. The van der Waals surface area contributed by atoms with Gasteiger partial charge in [-0.05, 0) is 87.6 Å². The van der Waals surface area contributed by atoms with Crippen LogP contribution < -0.4 is 5.32 Å². The summed E-state index contributed by atoms with van der Waals surface area (Å²) < 4.78 is 15.8. The molecule has 0 saturated carbocycles. The van der Waals surface area contributed by atoms with Crippen molar-refractivity contribution in [3.8, 4) is 11.3 Å². The van der Waals surface area contributed by atoms with Gasteiger partial charge in [0.2, 0.25) is 0 Å². The molecule has 222 valence electrons. The lowest BCUT2D eigenvalue weighted by Crippen LogP contribution is -2.38. The third-order valence-corrected chi connectivity index (χ3v) is 7.94. The van der Waals surface area contributed by atoms with Gasteiger partial charge >= 0.3 is 5.97 Å². The van der Waals surface area contributed by atoms with Gasteiger partial charge in [-0.25, -0.2) is 9.18 Å². The van der Waals surface area contributed by atoms with Crippen LogP contribution >= 0.6 is 11.6 Å². The lowest BCUT2D eigenvalue weighted by Gasteiger charge is -2.32. The molecule has 0 atom stereocenters. The Bertz CT molecular complexity index is 1690. The van der Waals surface area contributed by atoms with Gasteiger partial charge in [0.25, 0.3) is 11.8 Å². The first-order chi connectivity index (χ1) is 20.4. The molecule has 0 radical (unpaired) electrons. The summed E-state index contributed by atoms with van der Waals surface area (Å²) in [4.78, 5) is 39.9. The predicted molar refractivity (Wildman–Crippen MR) is 163 cm³/mol. The average molecular weight is 603 g/mol. The van der Waals surface area contributed by atoms with E-state index in [1.807, 2.05) is 32.9 Å². The number of carboxylic acids is 1. The number of piperidine rings is 1. The van der Waals surface area contributed by atoms with Crippen LogP contribution in [0.2, 0.25) is 5.02 Å². The fraction of sp³-hybridized carbons (Fsp3) is 0.273. The van der Waals surface area contributed by atoms with Crippen molar-refractivity contribution >= 4 is 35.1 Å². The molecule has 0 unspecified atom stereocenters. The zero-order chi connectivity index (χ0) is 30.9. The zero-order valence-corrected chi connectivity index (χ0v) is 24.9. The van der Waals surface area contributed by atoms with Crippen molar-refractivity contribution in [1.29, 1.82) is 0 Å². The van der Waals surface area contributed by atoms with Gasteiger partial charge < -0.3 is 15.3 Å². The minimum Gasteiger partial charge on any atom is -0.478 e. The Kier molecular flexibility index (Phi) is 8.37. The van der Waals surface area contributed by atoms with Gasteiger partial charge in [-0.2, -0.15) is 5.10 Å². The largest absolute Gasteiger partial charge is 0.478 e. The van der Waals surface area contributed by atoms with E-state index in [1.165, 1.54) is 18.3 Å². The minimum atomic E-state index is -0.964. The maximum atomic E-state index is 14.1. The van der Waals surface area contributed by atoms with E-state index in [-0.39, 0.29) is 33.5 Å². The molecule has 3 aromatic carbocycles. The van der Waals surface area contributed by atoms with Gasteiger partial charge in [-0.3, -0.25) is 14.3 Å². The average Bonchev–Trinajstić information content (AvgIpc) is 3.45. The summed E-state index contributed by atoms with van der Waals surface area (Å²) >= 11 is 6.45. The van der Waals surface area contributed by atoms with Crippen LogP contribution in [-0.4, -0.2) is 50.7 Å². The maximum absolute atomic E-state index is 14.1. The molecule has 8 nitrogen and oxygen atoms in total. The van der Waals surface area contributed by atoms with Crippen molar-refractivity contribution in [3.63, 3.8) is 0 Å². The molecule has 5 rings (SSSR count). The number of likely N-dealkylation sites (tertiary alicyclic amines) is 1. The van der Waals surface area contributed by atoms with Crippen molar-refractivity contribution in [2.24, 2.45) is 0 Å². The summed E-state index contributed by atoms with van der Waals surface area (Å²) in [6.45, 7) is 6.86. The number of nitrogens with zero attached hydrogens (tertiary/aromatic N) is 3. The highest BCUT2D eigenvalue weighted by Crippen LogP contribution is 2.32. The lowest BCUT2D eigenvalue weighted by atomic mass is 9.89. The molecule has 2 heterocycles. The normalized spacial score (nSPS) is 14.0. The fourth-order valence-electron chi connectivity index (χ4n) is 5.39. The Morgan fingerprint density at radius 2 is 1.67 bits per heavy atom. The van der Waals surface area contributed by atoms with E-state index in [2.05, 4.69) is 10.4 Å². The number of amides is 2. The van der Waals surface area contributed by atoms with E-state index < -0.39 is 23.2 Å². The van der Waals surface area contributed by atoms with Gasteiger partial charge in [-0.1, -0.05) is 35.9 Å². The smallest absolute Gasteiger partial charge is 0.335 e. The number of carboxylic acid groups (broad SMARTS) is 1. The van der Waals surface area contributed by atoms with Crippen LogP contribution in [0.15, 0.2) is 72.9 Å². The number of hydrogen-bond donors (Lipinski definition) is 2. The second-order valence-electron chi connectivity index (χ2n) is 11.6. The van der Waals surface area contributed by atoms with Crippen LogP contribution in [-0.2, 0) is 5.54 Å². The molecule has 1 aromatic heterocycles. The SMILES string of the molecule is CC(C)(C)n1ncc(C(=O)Nc2ccc(Cl)c(C(=O)N3CCC(c4ccc(C(=O)O)cc4)CC3)c2)c1-c1cccc(F)c1. The van der Waals surface area contributed by atoms with Crippen molar-refractivity contribution in [2.75, 3.05) is 18.4 Å². The second-order valence-corrected chi connectivity index (χ2v) is 12.0. The van der Waals surface area contributed by atoms with E-state index in [0.717, 1.165) is 18.4 Å². The standard InChI is InChI=1S/C33H32ClFN4O4/c1-33(2,3)39-29(23-5-4-6-24(35)17-23)27(19-36-39)30(40)37-25-11-12-28(34)26(18-25)31(41)38-15-13-21(14-16-38)20-7-9-22(10-8-20)32(42)43/h4-12,17-19,21H,13-16H2,1-3H3,(H,37,40)(H,42,43).